The molecule has 2 aromatic rings. The molecule has 1 saturated carbocycles. The molecule has 7 heteroatoms. The van der Waals surface area contributed by atoms with Gasteiger partial charge in [-0.3, -0.25) is 9.89 Å². The summed E-state index contributed by atoms with van der Waals surface area (Å²) in [6, 6.07) is 12.0. The van der Waals surface area contributed by atoms with Crippen LogP contribution >= 0.6 is 24.8 Å². The number of carbonyl (C=O) groups excluding carboxylic acids is 1. The van der Waals surface area contributed by atoms with Gasteiger partial charge in [0, 0.05) is 18.7 Å². The molecule has 0 spiro atoms. The van der Waals surface area contributed by atoms with Crippen molar-refractivity contribution in [1.82, 2.24) is 15.1 Å². The van der Waals surface area contributed by atoms with Crippen molar-refractivity contribution in [3.63, 3.8) is 0 Å². The normalized spacial score (nSPS) is 18.9. The lowest BCUT2D eigenvalue weighted by molar-refractivity contribution is -0.138. The van der Waals surface area contributed by atoms with Gasteiger partial charge in [-0.1, -0.05) is 36.8 Å². The average Bonchev–Trinajstić information content (AvgIpc) is 3.25. The molecular formula is C18H26Cl2N4O. The Kier molecular flexibility index (Phi) is 8.97. The highest BCUT2D eigenvalue weighted by atomic mass is 35.5. The van der Waals surface area contributed by atoms with Crippen LogP contribution in [0.1, 0.15) is 30.5 Å². The summed E-state index contributed by atoms with van der Waals surface area (Å²) in [4.78, 5) is 15.0. The third-order valence-corrected chi connectivity index (χ3v) is 4.73. The van der Waals surface area contributed by atoms with Gasteiger partial charge in [0.2, 0.25) is 5.91 Å². The topological polar surface area (TPSA) is 75.0 Å². The first-order chi connectivity index (χ1) is 11.3. The van der Waals surface area contributed by atoms with Gasteiger partial charge in [-0.15, -0.1) is 24.8 Å². The van der Waals surface area contributed by atoms with E-state index in [4.69, 9.17) is 5.73 Å². The van der Waals surface area contributed by atoms with Gasteiger partial charge in [-0.05, 0) is 36.9 Å². The lowest BCUT2D eigenvalue weighted by Crippen LogP contribution is -2.38. The van der Waals surface area contributed by atoms with E-state index >= 15 is 0 Å². The van der Waals surface area contributed by atoms with Crippen LogP contribution in [-0.2, 0) is 17.9 Å². The minimum atomic E-state index is 0. The maximum Gasteiger partial charge on any atom is 0.226 e. The average molecular weight is 385 g/mol. The number of nitrogens with two attached hydrogens (primary N) is 1. The van der Waals surface area contributed by atoms with E-state index in [-0.39, 0.29) is 36.6 Å². The van der Waals surface area contributed by atoms with E-state index in [1.54, 1.807) is 6.20 Å². The predicted octanol–water partition coefficient (Wildman–Crippen LogP) is 3.16. The van der Waals surface area contributed by atoms with Crippen LogP contribution in [0.15, 0.2) is 42.6 Å². The molecule has 25 heavy (non-hydrogen) atoms. The molecule has 3 rings (SSSR count). The molecule has 1 aliphatic rings. The predicted molar refractivity (Wildman–Crippen MR) is 104 cm³/mol. The summed E-state index contributed by atoms with van der Waals surface area (Å²) in [5.74, 6) is 0.602. The molecule has 2 atom stereocenters. The Labute approximate surface area is 161 Å². The van der Waals surface area contributed by atoms with Crippen LogP contribution in [0.4, 0.5) is 0 Å². The summed E-state index contributed by atoms with van der Waals surface area (Å²) in [7, 11) is 0. The zero-order valence-corrected chi connectivity index (χ0v) is 15.8. The first-order valence-electron chi connectivity index (χ1n) is 8.29. The van der Waals surface area contributed by atoms with Crippen molar-refractivity contribution in [3.8, 4) is 0 Å². The second-order valence-corrected chi connectivity index (χ2v) is 6.29. The molecule has 0 unspecified atom stereocenters. The highest BCUT2D eigenvalue weighted by Crippen LogP contribution is 2.33. The summed E-state index contributed by atoms with van der Waals surface area (Å²) in [6.45, 7) is 1.77. The van der Waals surface area contributed by atoms with Crippen LogP contribution in [0, 0.1) is 11.8 Å². The van der Waals surface area contributed by atoms with E-state index < -0.39 is 0 Å². The Morgan fingerprint density at radius 2 is 1.92 bits per heavy atom. The van der Waals surface area contributed by atoms with Gasteiger partial charge in [0.05, 0.1) is 12.2 Å². The summed E-state index contributed by atoms with van der Waals surface area (Å²) in [5, 5.41) is 6.94. The van der Waals surface area contributed by atoms with E-state index in [2.05, 4.69) is 22.3 Å². The van der Waals surface area contributed by atoms with Gasteiger partial charge in [-0.2, -0.15) is 5.10 Å². The van der Waals surface area contributed by atoms with Gasteiger partial charge < -0.3 is 10.6 Å². The SMILES string of the molecule is Cl.Cl.NC[C@H]1CCC[C@H]1C(=O)N(Cc1ccccc1)Cc1ccn[nH]1. The Balaban J connectivity index is 0.00000156. The van der Waals surface area contributed by atoms with Crippen LogP contribution in [0.3, 0.4) is 0 Å². The Morgan fingerprint density at radius 3 is 2.56 bits per heavy atom. The Bertz CT molecular complexity index is 621. The van der Waals surface area contributed by atoms with Gasteiger partial charge in [0.1, 0.15) is 0 Å². The highest BCUT2D eigenvalue weighted by molar-refractivity contribution is 5.85. The summed E-state index contributed by atoms with van der Waals surface area (Å²) in [5.41, 5.74) is 7.96. The number of aromatic nitrogens is 2. The number of hydrogen-bond donors (Lipinski definition) is 2. The molecule has 1 aromatic carbocycles. The molecule has 138 valence electrons. The minimum Gasteiger partial charge on any atom is -0.332 e. The number of rotatable bonds is 6. The third-order valence-electron chi connectivity index (χ3n) is 4.73. The van der Waals surface area contributed by atoms with E-state index in [1.807, 2.05) is 29.2 Å². The molecule has 1 aromatic heterocycles. The smallest absolute Gasteiger partial charge is 0.226 e. The lowest BCUT2D eigenvalue weighted by atomic mass is 9.94. The number of nitrogens with one attached hydrogen (secondary N) is 1. The molecule has 0 saturated heterocycles. The molecule has 5 nitrogen and oxygen atoms in total. The molecular weight excluding hydrogens is 359 g/mol. The fourth-order valence-corrected chi connectivity index (χ4v) is 3.47. The van der Waals surface area contributed by atoms with E-state index in [1.165, 1.54) is 0 Å². The Morgan fingerprint density at radius 1 is 1.16 bits per heavy atom. The maximum atomic E-state index is 13.1. The second kappa shape index (κ2) is 10.4. The van der Waals surface area contributed by atoms with Gasteiger partial charge in [-0.25, -0.2) is 0 Å². The standard InChI is InChI=1S/C18H24N4O.2ClH/c19-11-15-7-4-8-17(15)18(23)22(13-16-9-10-20-21-16)12-14-5-2-1-3-6-14;;/h1-3,5-6,9-10,15,17H,4,7-8,11-13,19H2,(H,20,21);2*1H/t15-,17-;;/m1../s1. The monoisotopic (exact) mass is 384 g/mol. The largest absolute Gasteiger partial charge is 0.332 e. The van der Waals surface area contributed by atoms with Crippen molar-refractivity contribution in [3.05, 3.63) is 53.9 Å². The molecule has 0 aliphatic heterocycles. The second-order valence-electron chi connectivity index (χ2n) is 6.29. The summed E-state index contributed by atoms with van der Waals surface area (Å²) >= 11 is 0. The number of nitrogens with zero attached hydrogens (tertiary/aromatic N) is 2. The van der Waals surface area contributed by atoms with Crippen LogP contribution in [-0.4, -0.2) is 27.5 Å². The molecule has 3 N–H and O–H groups in total. The van der Waals surface area contributed by atoms with Crippen LogP contribution in [0.5, 0.6) is 0 Å². The third kappa shape index (κ3) is 5.46. The van der Waals surface area contributed by atoms with Crippen molar-refractivity contribution in [2.75, 3.05) is 6.54 Å². The molecule has 1 heterocycles. The van der Waals surface area contributed by atoms with Gasteiger partial charge >= 0.3 is 0 Å². The Hall–Kier alpha value is -1.56. The molecule has 0 radical (unpaired) electrons. The summed E-state index contributed by atoms with van der Waals surface area (Å²) in [6.07, 6.45) is 4.84. The first-order valence-corrected chi connectivity index (χ1v) is 8.29. The van der Waals surface area contributed by atoms with Crippen molar-refractivity contribution < 1.29 is 4.79 Å². The van der Waals surface area contributed by atoms with Crippen molar-refractivity contribution in [2.45, 2.75) is 32.4 Å². The lowest BCUT2D eigenvalue weighted by Gasteiger charge is -2.28. The number of H-pyrrole nitrogens is 1. The van der Waals surface area contributed by atoms with Gasteiger partial charge in [0.25, 0.3) is 0 Å². The zero-order chi connectivity index (χ0) is 16.1. The quantitative estimate of drug-likeness (QED) is 0.802. The van der Waals surface area contributed by atoms with Crippen molar-refractivity contribution in [2.24, 2.45) is 17.6 Å². The highest BCUT2D eigenvalue weighted by Gasteiger charge is 2.34. The number of benzene rings is 1. The fourth-order valence-electron chi connectivity index (χ4n) is 3.47. The fraction of sp³-hybridized carbons (Fsp3) is 0.444. The maximum absolute atomic E-state index is 13.1. The summed E-state index contributed by atoms with van der Waals surface area (Å²) < 4.78 is 0. The first kappa shape index (κ1) is 21.5. The molecule has 1 aliphatic carbocycles. The van der Waals surface area contributed by atoms with Crippen LogP contribution < -0.4 is 5.73 Å². The van der Waals surface area contributed by atoms with Gasteiger partial charge in [0.15, 0.2) is 0 Å². The van der Waals surface area contributed by atoms with Crippen molar-refractivity contribution >= 4 is 30.7 Å². The molecule has 1 amide bonds. The van der Waals surface area contributed by atoms with E-state index in [0.717, 1.165) is 30.5 Å². The van der Waals surface area contributed by atoms with Crippen molar-refractivity contribution in [1.29, 1.82) is 0 Å². The molecule has 1 fully saturated rings. The number of aromatic amines is 1. The van der Waals surface area contributed by atoms with Crippen LogP contribution in [0.25, 0.3) is 0 Å². The number of halogens is 2. The zero-order valence-electron chi connectivity index (χ0n) is 14.1. The number of carbonyl (C=O) groups is 1. The number of amides is 1. The number of hydrogen-bond acceptors (Lipinski definition) is 3. The van der Waals surface area contributed by atoms with E-state index in [0.29, 0.717) is 25.6 Å². The minimum absolute atomic E-state index is 0. The van der Waals surface area contributed by atoms with Crippen LogP contribution in [0.2, 0.25) is 0 Å². The van der Waals surface area contributed by atoms with E-state index in [9.17, 15) is 4.79 Å². The molecule has 0 bridgehead atoms.